The third kappa shape index (κ3) is 14.1. The first-order valence-corrected chi connectivity index (χ1v) is 46.8. The van der Waals surface area contributed by atoms with Crippen molar-refractivity contribution in [2.45, 2.75) is 0 Å². The van der Waals surface area contributed by atoms with E-state index in [1.165, 1.54) is 168 Å². The number of halogens is 1. The maximum absolute atomic E-state index is 5.00. The Morgan fingerprint density at radius 3 is 0.798 bits per heavy atom. The molecule has 10 nitrogen and oxygen atoms in total. The highest BCUT2D eigenvalue weighted by Crippen LogP contribution is 2.47. The minimum atomic E-state index is 0.651. The topological polar surface area (TPSA) is 130 Å². The Morgan fingerprint density at radius 2 is 0.457 bits per heavy atom. The predicted molar refractivity (Wildman–Crippen MR) is 579 cm³/mol. The highest BCUT2D eigenvalue weighted by molar-refractivity contribution is 9.10. The van der Waals surface area contributed by atoms with Crippen molar-refractivity contribution < 1.29 is 35.6 Å². The number of nitrogens with one attached hydrogen (secondary N) is 3. The van der Waals surface area contributed by atoms with E-state index in [1.54, 1.807) is 0 Å². The van der Waals surface area contributed by atoms with Crippen LogP contribution in [0.25, 0.3) is 242 Å². The van der Waals surface area contributed by atoms with E-state index in [2.05, 4.69) is 307 Å². The smallest absolute Gasteiger partial charge is 0.164 e. The van der Waals surface area contributed by atoms with E-state index in [0.717, 1.165) is 43.5 Å². The van der Waals surface area contributed by atoms with Gasteiger partial charge < -0.3 is 19.5 Å². The van der Waals surface area contributed by atoms with Crippen molar-refractivity contribution in [2.24, 2.45) is 0 Å². The lowest BCUT2D eigenvalue weighted by Gasteiger charge is -2.11. The second-order valence-electron chi connectivity index (χ2n) is 31.8. The molecule has 0 saturated carbocycles. The molecule has 15 heteroatoms. The summed E-state index contributed by atoms with van der Waals surface area (Å²) in [5, 5.41) is 21.1. The number of nitrogens with zero attached hydrogens (tertiary/aromatic N) is 7. The zero-order valence-electron chi connectivity index (χ0n) is 92.9. The summed E-state index contributed by atoms with van der Waals surface area (Å²) in [6.45, 7) is 0. The van der Waals surface area contributed by atoms with Crippen molar-refractivity contribution in [3.63, 3.8) is 0 Å². The fraction of sp³-hybridized carbons (Fsp3) is 0. The molecule has 0 radical (unpaired) electrons. The summed E-state index contributed by atoms with van der Waals surface area (Å²) in [6.07, 6.45) is 0. The Balaban J connectivity index is 0.000000166. The summed E-state index contributed by atoms with van der Waals surface area (Å²) in [6, 6.07) is 144. The van der Waals surface area contributed by atoms with E-state index in [9.17, 15) is 0 Å². The van der Waals surface area contributed by atoms with Crippen LogP contribution in [0.3, 0.4) is 0 Å². The van der Waals surface area contributed by atoms with Crippen LogP contribution in [-0.2, 0) is 0 Å². The van der Waals surface area contributed by atoms with Crippen LogP contribution in [0, 0.1) is 0 Å². The number of thiophene rings is 4. The monoisotopic (exact) mass is 1830 g/mol. The summed E-state index contributed by atoms with van der Waals surface area (Å²) in [5.41, 5.74) is 16.8. The largest absolute Gasteiger partial charge is 0.353 e. The van der Waals surface area contributed by atoms with Crippen LogP contribution < -0.4 is 0 Å². The number of H-pyrrole nitrogens is 3. The molecule has 632 valence electrons. The van der Waals surface area contributed by atoms with E-state index in [4.69, 9.17) is 60.6 Å². The first-order valence-electron chi connectivity index (χ1n) is 54.7. The third-order valence-corrected chi connectivity index (χ3v) is 29.5. The van der Waals surface area contributed by atoms with Crippen molar-refractivity contribution in [1.82, 2.24) is 49.4 Å². The van der Waals surface area contributed by atoms with Gasteiger partial charge in [0.25, 0.3) is 0 Å². The Morgan fingerprint density at radius 1 is 0.209 bits per heavy atom. The molecule has 28 rings (SSSR count). The lowest BCUT2D eigenvalue weighted by molar-refractivity contribution is 1.07. The predicted octanol–water partition coefficient (Wildman–Crippen LogP) is 36.0. The fourth-order valence-corrected chi connectivity index (χ4v) is 23.2. The Hall–Kier alpha value is -15.5. The van der Waals surface area contributed by atoms with Gasteiger partial charge in [-0.25, -0.2) is 29.9 Å². The van der Waals surface area contributed by atoms with Gasteiger partial charge in [-0.3, -0.25) is 0 Å². The van der Waals surface area contributed by atoms with Crippen molar-refractivity contribution in [3.8, 4) is 74.0 Å². The maximum atomic E-state index is 5.00. The molecular formula is C114H95BrN10S4. The Kier molecular flexibility index (Phi) is 16.6. The van der Waals surface area contributed by atoms with Crippen LogP contribution in [0.2, 0.25) is 0 Å². The zero-order valence-corrected chi connectivity index (χ0v) is 73.8. The minimum absolute atomic E-state index is 0.651. The van der Waals surface area contributed by atoms with Gasteiger partial charge in [0.15, 0.2) is 34.9 Å². The quantitative estimate of drug-likeness (QED) is 0.146. The second kappa shape index (κ2) is 32.8. The van der Waals surface area contributed by atoms with Gasteiger partial charge >= 0.3 is 0 Å². The summed E-state index contributed by atoms with van der Waals surface area (Å²) >= 11 is 11.0. The first kappa shape index (κ1) is 65.2. The average molecular weight is 1840 g/mol. The number of aromatic amines is 3. The molecule has 0 bridgehead atoms. The van der Waals surface area contributed by atoms with E-state index in [-0.39, 0.29) is 0 Å². The van der Waals surface area contributed by atoms with E-state index in [0.29, 0.717) is 34.9 Å². The molecule has 28 aromatic rings. The van der Waals surface area contributed by atoms with Gasteiger partial charge in [-0.2, -0.15) is 0 Å². The highest BCUT2D eigenvalue weighted by atomic mass is 79.9. The molecular weight excluding hydrogens is 1720 g/mol. The van der Waals surface area contributed by atoms with Crippen LogP contribution in [0.4, 0.5) is 0 Å². The number of hydrogen-bond acceptors (Lipinski definition) is 10. The number of para-hydroxylation sites is 4. The summed E-state index contributed by atoms with van der Waals surface area (Å²) < 4.78 is 134. The number of aromatic nitrogens is 10. The molecule has 0 fully saturated rings. The number of hydrogen-bond donors (Lipinski definition) is 3. The Bertz CT molecular complexity index is 8440. The van der Waals surface area contributed by atoms with E-state index >= 15 is 0 Å². The maximum Gasteiger partial charge on any atom is 0.164 e. The van der Waals surface area contributed by atoms with Crippen molar-refractivity contribution >= 4 is 229 Å². The fourth-order valence-electron chi connectivity index (χ4n) is 18.0. The summed E-state index contributed by atoms with van der Waals surface area (Å²) in [7, 11) is 0. The first-order chi connectivity index (χ1) is 75.9. The van der Waals surface area contributed by atoms with Crippen molar-refractivity contribution in [1.29, 1.82) is 0 Å². The van der Waals surface area contributed by atoms with Gasteiger partial charge in [-0.05, 0) is 84.9 Å². The molecule has 0 saturated heterocycles. The number of rotatable bonds is 7. The van der Waals surface area contributed by atoms with Crippen LogP contribution in [0.1, 0.15) is 35.6 Å². The molecule has 0 atom stereocenters. The van der Waals surface area contributed by atoms with Crippen molar-refractivity contribution in [3.05, 3.63) is 417 Å². The van der Waals surface area contributed by atoms with Crippen LogP contribution in [0.15, 0.2) is 417 Å². The molecule has 10 aromatic heterocycles. The lowest BCUT2D eigenvalue weighted by Crippen LogP contribution is -2.00. The SMILES string of the molecule is Brc1ccc(-c2nc(-c3ccccc3)nc(-c3ccccc3)n2)cc1.[2H][2H].[2H][2H].[2H][2H].[2H][2H].[2H][2H].[2H][2H].[2H][2H].[2H][2H].[2H][2H].[2H][2H].[2H][2H].[2H][2H].c1ccc(-c2nc(-c3ccccc3)nc(-c3ccc(-n4c5ccccc5c5ccc6c7ccccc7sc6c54)cc3)n2)cc1.c1ccc2c(c1)[nH]c1c2ccc2c3ccccc3sc21.c1ccc2c(c1)[nH]c1c2ccc2c3ccccc3sc21.c1ccc2c(c1)[nH]c1c2ccc2c3ccccc3sc21. The minimum Gasteiger partial charge on any atom is -0.353 e. The molecule has 0 aliphatic carbocycles. The molecule has 0 aliphatic heterocycles. The molecule has 18 aromatic carbocycles. The molecule has 0 spiro atoms. The van der Waals surface area contributed by atoms with Gasteiger partial charge in [0, 0.05) is 201 Å². The van der Waals surface area contributed by atoms with Crippen LogP contribution in [0.5, 0.6) is 0 Å². The standard InChI is InChI=1S/C39H24N4S.C21H14BrN3.3C18H11NS.12H2/c1-3-11-25(12-4-1)37-40-38(26-13-5-2-6-14-26)42-39(41-37)27-19-21-28(22-20-27)43-33-17-9-7-15-29(33)31-23-24-32-30-16-8-10-18-34(30)44-36(32)35(31)43;22-18-13-11-17(12-14-18)21-24-19(15-7-3-1-4-8-15)23-20(25-21)16-9-5-2-6-10-16;3*1-3-7-15-11(5-1)13-9-10-14-12-6-2-4-8-16(12)20-18(14)17(13)19-15;;;;;;;;;;;;/h1-24H;1-14H;3*1-10,19H;12*1H/i;;;;;12*1+1D. The number of fused-ring (bicyclic) bond motifs is 28. The highest BCUT2D eigenvalue weighted by Gasteiger charge is 2.22. The molecule has 0 amide bonds. The van der Waals surface area contributed by atoms with E-state index in [1.807, 2.05) is 191 Å². The van der Waals surface area contributed by atoms with Gasteiger partial charge in [-0.15, -0.1) is 45.3 Å². The van der Waals surface area contributed by atoms with Crippen molar-refractivity contribution in [2.75, 3.05) is 0 Å². The number of benzene rings is 18. The third-order valence-electron chi connectivity index (χ3n) is 24.1. The van der Waals surface area contributed by atoms with E-state index < -0.39 is 0 Å². The summed E-state index contributed by atoms with van der Waals surface area (Å²) in [5.74, 6) is 3.99. The molecule has 129 heavy (non-hydrogen) atoms. The van der Waals surface area contributed by atoms with Gasteiger partial charge in [0.2, 0.25) is 0 Å². The second-order valence-corrected chi connectivity index (χ2v) is 36.9. The molecule has 0 unspecified atom stereocenters. The molecule has 10 heterocycles. The average Bonchev–Trinajstić information content (AvgIpc) is 1.55. The van der Waals surface area contributed by atoms with Gasteiger partial charge in [0.05, 0.1) is 46.4 Å². The molecule has 3 N–H and O–H groups in total. The van der Waals surface area contributed by atoms with Crippen LogP contribution in [-0.4, -0.2) is 49.4 Å². The normalized spacial score (nSPS) is 12.3. The van der Waals surface area contributed by atoms with Crippen LogP contribution >= 0.6 is 61.3 Å². The zero-order chi connectivity index (χ0) is 109. The molecule has 0 aliphatic rings. The lowest BCUT2D eigenvalue weighted by atomic mass is 10.1. The van der Waals surface area contributed by atoms with Gasteiger partial charge in [0.1, 0.15) is 0 Å². The van der Waals surface area contributed by atoms with Gasteiger partial charge in [-0.1, -0.05) is 344 Å². The Labute approximate surface area is 800 Å². The summed E-state index contributed by atoms with van der Waals surface area (Å²) in [4.78, 5) is 39.6.